The van der Waals surface area contributed by atoms with Gasteiger partial charge in [-0.2, -0.15) is 0 Å². The maximum atomic E-state index is 10.6. The van der Waals surface area contributed by atoms with Gasteiger partial charge in [-0.05, 0) is 13.1 Å². The summed E-state index contributed by atoms with van der Waals surface area (Å²) in [6, 6.07) is 0. The lowest BCUT2D eigenvalue weighted by molar-refractivity contribution is 0.0691. The molecule has 1 N–H and O–H groups in total. The van der Waals surface area contributed by atoms with Gasteiger partial charge < -0.3 is 14.6 Å². The summed E-state index contributed by atoms with van der Waals surface area (Å²) in [5.74, 6) is -0.975. The lowest BCUT2D eigenvalue weighted by atomic mass is 10.4. The Bertz CT molecular complexity index is 318. The summed E-state index contributed by atoms with van der Waals surface area (Å²) in [7, 11) is 0. The predicted octanol–water partition coefficient (Wildman–Crippen LogP) is 0.923. The second kappa shape index (κ2) is 5.50. The SMILES string of the molecule is CCN(CC)CCn1cnc(C(=O)O)c1. The highest BCUT2D eigenvalue weighted by atomic mass is 16.4. The van der Waals surface area contributed by atoms with Crippen LogP contribution in [0, 0.1) is 0 Å². The molecule has 0 spiro atoms. The number of rotatable bonds is 6. The zero-order valence-corrected chi connectivity index (χ0v) is 9.18. The van der Waals surface area contributed by atoms with Crippen molar-refractivity contribution in [1.82, 2.24) is 14.5 Å². The third-order valence-electron chi connectivity index (χ3n) is 2.42. The van der Waals surface area contributed by atoms with E-state index in [1.165, 1.54) is 0 Å². The third-order valence-corrected chi connectivity index (χ3v) is 2.42. The maximum Gasteiger partial charge on any atom is 0.356 e. The number of carboxylic acids is 1. The van der Waals surface area contributed by atoms with E-state index in [9.17, 15) is 4.79 Å². The summed E-state index contributed by atoms with van der Waals surface area (Å²) in [5.41, 5.74) is 0.106. The number of nitrogens with zero attached hydrogens (tertiary/aromatic N) is 3. The van der Waals surface area contributed by atoms with Crippen LogP contribution in [0.25, 0.3) is 0 Å². The van der Waals surface area contributed by atoms with Gasteiger partial charge in [0.2, 0.25) is 0 Å². The highest BCUT2D eigenvalue weighted by molar-refractivity contribution is 5.84. The van der Waals surface area contributed by atoms with E-state index in [0.717, 1.165) is 26.2 Å². The van der Waals surface area contributed by atoms with Crippen LogP contribution in [0.1, 0.15) is 24.3 Å². The van der Waals surface area contributed by atoms with E-state index < -0.39 is 5.97 Å². The monoisotopic (exact) mass is 211 g/mol. The average Bonchev–Trinajstić information content (AvgIpc) is 2.68. The molecular weight excluding hydrogens is 194 g/mol. The molecule has 1 aromatic heterocycles. The quantitative estimate of drug-likeness (QED) is 0.760. The first-order valence-corrected chi connectivity index (χ1v) is 5.14. The van der Waals surface area contributed by atoms with Gasteiger partial charge >= 0.3 is 5.97 Å². The van der Waals surface area contributed by atoms with Crippen molar-refractivity contribution in [3.8, 4) is 0 Å². The first-order chi connectivity index (χ1) is 7.17. The van der Waals surface area contributed by atoms with Crippen LogP contribution < -0.4 is 0 Å². The van der Waals surface area contributed by atoms with Gasteiger partial charge in [-0.25, -0.2) is 9.78 Å². The maximum absolute atomic E-state index is 10.6. The average molecular weight is 211 g/mol. The number of carbonyl (C=O) groups is 1. The molecule has 1 rings (SSSR count). The van der Waals surface area contributed by atoms with Gasteiger partial charge in [0.1, 0.15) is 0 Å². The fourth-order valence-corrected chi connectivity index (χ4v) is 1.39. The van der Waals surface area contributed by atoms with E-state index in [0.29, 0.717) is 0 Å². The smallest absolute Gasteiger partial charge is 0.356 e. The number of hydrogen-bond acceptors (Lipinski definition) is 3. The van der Waals surface area contributed by atoms with Gasteiger partial charge in [0.15, 0.2) is 5.69 Å². The summed E-state index contributed by atoms with van der Waals surface area (Å²) in [4.78, 5) is 16.6. The topological polar surface area (TPSA) is 58.4 Å². The van der Waals surface area contributed by atoms with Gasteiger partial charge in [0, 0.05) is 19.3 Å². The summed E-state index contributed by atoms with van der Waals surface area (Å²) in [5, 5.41) is 8.68. The van der Waals surface area contributed by atoms with Crippen LogP contribution >= 0.6 is 0 Å². The van der Waals surface area contributed by atoms with Crippen LogP contribution in [0.5, 0.6) is 0 Å². The van der Waals surface area contributed by atoms with Crippen LogP contribution in [0.3, 0.4) is 0 Å². The highest BCUT2D eigenvalue weighted by Gasteiger charge is 2.06. The molecule has 0 saturated carbocycles. The van der Waals surface area contributed by atoms with Crippen molar-refractivity contribution >= 4 is 5.97 Å². The van der Waals surface area contributed by atoms with Crippen LogP contribution in [0.4, 0.5) is 0 Å². The Hall–Kier alpha value is -1.36. The van der Waals surface area contributed by atoms with Gasteiger partial charge in [0.25, 0.3) is 0 Å². The van der Waals surface area contributed by atoms with E-state index >= 15 is 0 Å². The summed E-state index contributed by atoms with van der Waals surface area (Å²) >= 11 is 0. The molecule has 0 saturated heterocycles. The molecule has 5 nitrogen and oxygen atoms in total. The number of likely N-dealkylation sites (N-methyl/N-ethyl adjacent to an activating group) is 1. The lowest BCUT2D eigenvalue weighted by Gasteiger charge is -2.17. The molecule has 0 radical (unpaired) electrons. The lowest BCUT2D eigenvalue weighted by Crippen LogP contribution is -2.26. The van der Waals surface area contributed by atoms with Crippen molar-refractivity contribution in [2.45, 2.75) is 20.4 Å². The molecular formula is C10H17N3O2. The summed E-state index contributed by atoms with van der Waals surface area (Å²) < 4.78 is 1.81. The van der Waals surface area contributed by atoms with Crippen molar-refractivity contribution in [2.24, 2.45) is 0 Å². The second-order valence-corrected chi connectivity index (χ2v) is 3.33. The minimum absolute atomic E-state index is 0.106. The molecule has 0 aliphatic heterocycles. The van der Waals surface area contributed by atoms with E-state index in [1.54, 1.807) is 12.5 Å². The van der Waals surface area contributed by atoms with Crippen LogP contribution in [-0.2, 0) is 6.54 Å². The Morgan fingerprint density at radius 3 is 2.67 bits per heavy atom. The number of aromatic carboxylic acids is 1. The molecule has 0 amide bonds. The van der Waals surface area contributed by atoms with Crippen molar-refractivity contribution in [3.63, 3.8) is 0 Å². The summed E-state index contributed by atoms with van der Waals surface area (Å²) in [6.45, 7) is 7.94. The normalized spacial score (nSPS) is 10.9. The Balaban J connectivity index is 2.47. The van der Waals surface area contributed by atoms with Crippen molar-refractivity contribution < 1.29 is 9.90 Å². The fourth-order valence-electron chi connectivity index (χ4n) is 1.39. The largest absolute Gasteiger partial charge is 0.476 e. The van der Waals surface area contributed by atoms with E-state index in [1.807, 2.05) is 4.57 Å². The minimum atomic E-state index is -0.975. The molecule has 84 valence electrons. The zero-order chi connectivity index (χ0) is 11.3. The van der Waals surface area contributed by atoms with Crippen LogP contribution in [0.2, 0.25) is 0 Å². The first-order valence-electron chi connectivity index (χ1n) is 5.14. The number of carboxylic acid groups (broad SMARTS) is 1. The Morgan fingerprint density at radius 2 is 2.20 bits per heavy atom. The molecule has 1 aromatic rings. The molecule has 15 heavy (non-hydrogen) atoms. The molecule has 1 heterocycles. The van der Waals surface area contributed by atoms with Crippen molar-refractivity contribution in [2.75, 3.05) is 19.6 Å². The van der Waals surface area contributed by atoms with E-state index in [4.69, 9.17) is 5.11 Å². The molecule has 0 unspecified atom stereocenters. The van der Waals surface area contributed by atoms with Crippen LogP contribution in [-0.4, -0.2) is 45.2 Å². The van der Waals surface area contributed by atoms with Crippen molar-refractivity contribution in [3.05, 3.63) is 18.2 Å². The van der Waals surface area contributed by atoms with E-state index in [-0.39, 0.29) is 5.69 Å². The highest BCUT2D eigenvalue weighted by Crippen LogP contribution is 1.97. The Kier molecular flexibility index (Phi) is 4.30. The molecule has 0 aliphatic rings. The molecule has 0 aromatic carbocycles. The first kappa shape index (κ1) is 11.7. The predicted molar refractivity (Wildman–Crippen MR) is 57.0 cm³/mol. The molecule has 0 bridgehead atoms. The molecule has 0 aliphatic carbocycles. The molecule has 5 heteroatoms. The zero-order valence-electron chi connectivity index (χ0n) is 9.18. The standard InChI is InChI=1S/C10H17N3O2/c1-3-12(4-2)5-6-13-7-9(10(14)15)11-8-13/h7-8H,3-6H2,1-2H3,(H,14,15). The second-order valence-electron chi connectivity index (χ2n) is 3.33. The fraction of sp³-hybridized carbons (Fsp3) is 0.600. The number of imidazole rings is 1. The van der Waals surface area contributed by atoms with Crippen LogP contribution in [0.15, 0.2) is 12.5 Å². The van der Waals surface area contributed by atoms with Gasteiger partial charge in [-0.1, -0.05) is 13.8 Å². The van der Waals surface area contributed by atoms with E-state index in [2.05, 4.69) is 23.7 Å². The third kappa shape index (κ3) is 3.36. The molecule has 0 fully saturated rings. The minimum Gasteiger partial charge on any atom is -0.476 e. The number of aromatic nitrogens is 2. The van der Waals surface area contributed by atoms with Gasteiger partial charge in [-0.15, -0.1) is 0 Å². The van der Waals surface area contributed by atoms with Gasteiger partial charge in [-0.3, -0.25) is 0 Å². The molecule has 0 atom stereocenters. The Morgan fingerprint density at radius 1 is 1.53 bits per heavy atom. The van der Waals surface area contributed by atoms with Gasteiger partial charge in [0.05, 0.1) is 6.33 Å². The Labute approximate surface area is 89.3 Å². The number of hydrogen-bond donors (Lipinski definition) is 1. The summed E-state index contributed by atoms with van der Waals surface area (Å²) in [6.07, 6.45) is 3.12. The van der Waals surface area contributed by atoms with Crippen molar-refractivity contribution in [1.29, 1.82) is 0 Å².